The predicted molar refractivity (Wildman–Crippen MR) is 163 cm³/mol. The van der Waals surface area contributed by atoms with Gasteiger partial charge in [0.1, 0.15) is 42.3 Å². The molecule has 0 bridgehead atoms. The van der Waals surface area contributed by atoms with E-state index in [4.69, 9.17) is 4.74 Å². The summed E-state index contributed by atoms with van der Waals surface area (Å²) >= 11 is 0. The van der Waals surface area contributed by atoms with Gasteiger partial charge in [-0.1, -0.05) is 41.0 Å². The van der Waals surface area contributed by atoms with Crippen LogP contribution in [-0.2, 0) is 33.5 Å². The van der Waals surface area contributed by atoms with Gasteiger partial charge in [0.25, 0.3) is 18.3 Å². The first-order valence-electron chi connectivity index (χ1n) is 15.4. The number of carbonyl (C=O) groups is 7. The number of nitrogens with one attached hydrogen (secondary N) is 4. The Morgan fingerprint density at radius 1 is 1.06 bits per heavy atom. The molecule has 266 valence electrons. The molecule has 16 nitrogen and oxygen atoms in total. The molecular formula is C30H43F2N7O9. The Kier molecular flexibility index (Phi) is 14.9. The van der Waals surface area contributed by atoms with Crippen molar-refractivity contribution in [2.45, 2.75) is 96.2 Å². The van der Waals surface area contributed by atoms with Crippen molar-refractivity contribution in [3.05, 3.63) is 24.3 Å². The molecule has 18 heteroatoms. The lowest BCUT2D eigenvalue weighted by molar-refractivity contribution is -0.168. The zero-order valence-corrected chi connectivity index (χ0v) is 27.4. The number of aldehydes is 1. The first-order valence-corrected chi connectivity index (χ1v) is 15.4. The number of hydrogen-bond acceptors (Lipinski definition) is 11. The minimum atomic E-state index is -4.40. The number of rotatable bonds is 18. The number of nitrogens with zero attached hydrogens (tertiary/aromatic N) is 3. The molecule has 5 N–H and O–H groups in total. The lowest BCUT2D eigenvalue weighted by atomic mass is 9.98. The molecule has 1 aliphatic rings. The average Bonchev–Trinajstić information content (AvgIpc) is 3.48. The van der Waals surface area contributed by atoms with Crippen LogP contribution in [0, 0.1) is 11.8 Å². The number of aromatic nitrogens is 2. The van der Waals surface area contributed by atoms with Crippen molar-refractivity contribution < 1.29 is 52.2 Å². The molecule has 5 amide bonds. The van der Waals surface area contributed by atoms with Crippen molar-refractivity contribution in [3.8, 4) is 0 Å². The summed E-state index contributed by atoms with van der Waals surface area (Å²) in [6.07, 6.45) is 0.180. The van der Waals surface area contributed by atoms with Crippen LogP contribution in [0.5, 0.6) is 0 Å². The molecule has 2 rings (SSSR count). The van der Waals surface area contributed by atoms with Gasteiger partial charge in [0.15, 0.2) is 0 Å². The number of hydrogen-bond donors (Lipinski definition) is 5. The van der Waals surface area contributed by atoms with E-state index in [0.29, 0.717) is 0 Å². The van der Waals surface area contributed by atoms with Gasteiger partial charge in [-0.05, 0) is 18.3 Å². The Morgan fingerprint density at radius 3 is 2.27 bits per heavy atom. The number of halogens is 2. The number of alkyl halides is 2. The molecule has 0 spiro atoms. The Labute approximate surface area is 276 Å². The summed E-state index contributed by atoms with van der Waals surface area (Å²) in [6, 6.07) is -5.41. The zero-order valence-electron chi connectivity index (χ0n) is 27.4. The first kappa shape index (κ1) is 39.6. The van der Waals surface area contributed by atoms with Crippen molar-refractivity contribution in [1.29, 1.82) is 0 Å². The Bertz CT molecular complexity index is 1300. The standard InChI is InChI=1S/C30H43F2N7O9/c1-6-7-19(24(42)30(31,32)29(47)35-10-11-40)36-26(44)21-12-18(48-15-41)14-39(21)28(46)23(17(4)5)38-27(45)22(16(2)3)37-25(43)20-13-33-8-9-34-20/h8-9,11,13,15-19,21-24,42H,6-7,10,12,14H2,1-5H3,(H,35,47)(H,36,44)(H,37,43)(H,38,45)/t18-,19+,21+,22+,23+,24?/m1/s1. The highest BCUT2D eigenvalue weighted by molar-refractivity contribution is 5.98. The van der Waals surface area contributed by atoms with Crippen molar-refractivity contribution >= 4 is 42.3 Å². The monoisotopic (exact) mass is 683 g/mol. The van der Waals surface area contributed by atoms with Gasteiger partial charge < -0.3 is 40.8 Å². The van der Waals surface area contributed by atoms with Crippen LogP contribution in [0.3, 0.4) is 0 Å². The largest absolute Gasteiger partial charge is 0.463 e. The normalized spacial score (nSPS) is 18.7. The van der Waals surface area contributed by atoms with E-state index in [-0.39, 0.29) is 44.3 Å². The van der Waals surface area contributed by atoms with Gasteiger partial charge in [-0.3, -0.25) is 33.8 Å². The number of carbonyl (C=O) groups excluding carboxylic acids is 7. The fourth-order valence-electron chi connectivity index (χ4n) is 5.11. The van der Waals surface area contributed by atoms with Crippen LogP contribution in [0.2, 0.25) is 0 Å². The number of aliphatic hydroxyl groups excluding tert-OH is 1. The average molecular weight is 684 g/mol. The summed E-state index contributed by atoms with van der Waals surface area (Å²) in [5, 5.41) is 19.7. The summed E-state index contributed by atoms with van der Waals surface area (Å²) < 4.78 is 34.6. The zero-order chi connectivity index (χ0) is 36.2. The molecule has 1 aromatic rings. The van der Waals surface area contributed by atoms with Gasteiger partial charge in [0.05, 0.1) is 25.3 Å². The first-order chi connectivity index (χ1) is 22.6. The van der Waals surface area contributed by atoms with Crippen LogP contribution in [0.1, 0.15) is 64.4 Å². The molecule has 0 saturated carbocycles. The third kappa shape index (κ3) is 10.2. The highest BCUT2D eigenvalue weighted by atomic mass is 19.3. The molecule has 1 saturated heterocycles. The fourth-order valence-corrected chi connectivity index (χ4v) is 5.11. The lowest BCUT2D eigenvalue weighted by Gasteiger charge is -2.33. The molecule has 6 atom stereocenters. The minimum absolute atomic E-state index is 0.0366. The van der Waals surface area contributed by atoms with Crippen LogP contribution in [0.4, 0.5) is 8.78 Å². The molecule has 1 aromatic heterocycles. The molecule has 2 heterocycles. The molecular weight excluding hydrogens is 640 g/mol. The van der Waals surface area contributed by atoms with E-state index in [1.54, 1.807) is 39.9 Å². The van der Waals surface area contributed by atoms with Crippen molar-refractivity contribution in [2.24, 2.45) is 11.8 Å². The maximum absolute atomic E-state index is 14.8. The Hall–Kier alpha value is -4.61. The van der Waals surface area contributed by atoms with Crippen molar-refractivity contribution in [2.75, 3.05) is 13.1 Å². The van der Waals surface area contributed by atoms with Crippen molar-refractivity contribution in [3.63, 3.8) is 0 Å². The van der Waals surface area contributed by atoms with Crippen molar-refractivity contribution in [1.82, 2.24) is 36.1 Å². The van der Waals surface area contributed by atoms with Crippen LogP contribution < -0.4 is 21.3 Å². The number of ether oxygens (including phenoxy) is 1. The van der Waals surface area contributed by atoms with Gasteiger partial charge in [-0.25, -0.2) is 4.98 Å². The van der Waals surface area contributed by atoms with Crippen LogP contribution >= 0.6 is 0 Å². The lowest BCUT2D eigenvalue weighted by Crippen LogP contribution is -2.61. The second-order valence-electron chi connectivity index (χ2n) is 12.0. The highest BCUT2D eigenvalue weighted by Crippen LogP contribution is 2.26. The van der Waals surface area contributed by atoms with Gasteiger partial charge in [0.2, 0.25) is 17.7 Å². The Morgan fingerprint density at radius 2 is 1.73 bits per heavy atom. The van der Waals surface area contributed by atoms with Crippen LogP contribution in [0.25, 0.3) is 0 Å². The number of likely N-dealkylation sites (tertiary alicyclic amines) is 1. The Balaban J connectivity index is 2.31. The summed E-state index contributed by atoms with van der Waals surface area (Å²) in [4.78, 5) is 96.0. The molecule has 0 radical (unpaired) electrons. The van der Waals surface area contributed by atoms with E-state index in [1.807, 2.05) is 0 Å². The van der Waals surface area contributed by atoms with E-state index in [9.17, 15) is 47.4 Å². The predicted octanol–water partition coefficient (Wildman–Crippen LogP) is -0.889. The van der Waals surface area contributed by atoms with E-state index >= 15 is 0 Å². The quantitative estimate of drug-likeness (QED) is 0.119. The van der Waals surface area contributed by atoms with E-state index in [1.165, 1.54) is 18.6 Å². The molecule has 0 aliphatic carbocycles. The smallest absolute Gasteiger partial charge is 0.351 e. The van der Waals surface area contributed by atoms with Crippen LogP contribution in [0.15, 0.2) is 18.6 Å². The topological polar surface area (TPSA) is 226 Å². The molecule has 1 aliphatic heterocycles. The second-order valence-corrected chi connectivity index (χ2v) is 12.0. The molecule has 1 fully saturated rings. The SMILES string of the molecule is CCC[C@H](NC(=O)[C@@H]1C[C@@H](OC=O)CN1C(=O)[C@@H](NC(=O)[C@@H](NC(=O)c1cnccn1)C(C)C)C(C)C)C(O)C(F)(F)C(=O)NCC=O. The number of amides is 5. The van der Waals surface area contributed by atoms with Crippen LogP contribution in [-0.4, -0.2) is 118 Å². The summed E-state index contributed by atoms with van der Waals surface area (Å²) in [7, 11) is 0. The number of aliphatic hydroxyl groups is 1. The second kappa shape index (κ2) is 18.1. The maximum atomic E-state index is 14.8. The van der Waals surface area contributed by atoms with Gasteiger partial charge >= 0.3 is 5.92 Å². The summed E-state index contributed by atoms with van der Waals surface area (Å²) in [6.45, 7) is 7.32. The third-order valence-electron chi connectivity index (χ3n) is 7.69. The van der Waals surface area contributed by atoms with Gasteiger partial charge in [0, 0.05) is 18.8 Å². The summed E-state index contributed by atoms with van der Waals surface area (Å²) in [5.41, 5.74) is -0.0366. The van der Waals surface area contributed by atoms with Gasteiger partial charge in [-0.2, -0.15) is 8.78 Å². The van der Waals surface area contributed by atoms with E-state index < -0.39 is 90.2 Å². The van der Waals surface area contributed by atoms with E-state index in [0.717, 1.165) is 4.90 Å². The molecule has 1 unspecified atom stereocenters. The van der Waals surface area contributed by atoms with Gasteiger partial charge in [-0.15, -0.1) is 0 Å². The maximum Gasteiger partial charge on any atom is 0.351 e. The molecule has 0 aromatic carbocycles. The minimum Gasteiger partial charge on any atom is -0.463 e. The van der Waals surface area contributed by atoms with E-state index in [2.05, 4.69) is 25.9 Å². The summed E-state index contributed by atoms with van der Waals surface area (Å²) in [5.74, 6) is -10.4. The fraction of sp³-hybridized carbons (Fsp3) is 0.633. The molecule has 48 heavy (non-hydrogen) atoms. The highest BCUT2D eigenvalue weighted by Gasteiger charge is 2.51. The third-order valence-corrected chi connectivity index (χ3v) is 7.69.